The number of ether oxygens (including phenoxy) is 1. The van der Waals surface area contributed by atoms with Gasteiger partial charge < -0.3 is 4.74 Å². The Hall–Kier alpha value is -0.340. The molecule has 1 nitrogen and oxygen atoms in total. The first-order chi connectivity index (χ1) is 9.90. The smallest absolute Gasteiger partial charge is 0.0615 e. The summed E-state index contributed by atoms with van der Waals surface area (Å²) in [5.74, 6) is 0. The summed E-state index contributed by atoms with van der Waals surface area (Å²) in [6, 6.07) is 8.63. The van der Waals surface area contributed by atoms with E-state index in [1.807, 2.05) is 0 Å². The number of unbranched alkanes of at least 4 members (excludes halogenated alkanes) is 3. The van der Waals surface area contributed by atoms with E-state index in [1.165, 1.54) is 37.7 Å². The molecule has 1 atom stereocenters. The van der Waals surface area contributed by atoms with Crippen LogP contribution in [0, 0.1) is 5.41 Å². The lowest BCUT2D eigenvalue weighted by atomic mass is 9.97. The van der Waals surface area contributed by atoms with Crippen molar-refractivity contribution in [2.24, 2.45) is 5.41 Å². The molecular weight excluding hydrogens is 324 g/mol. The minimum atomic E-state index is 0.237. The van der Waals surface area contributed by atoms with E-state index in [0.717, 1.165) is 17.5 Å². The van der Waals surface area contributed by atoms with E-state index < -0.39 is 0 Å². The Morgan fingerprint density at radius 1 is 1.05 bits per heavy atom. The van der Waals surface area contributed by atoms with Gasteiger partial charge in [0.05, 0.1) is 12.7 Å². The summed E-state index contributed by atoms with van der Waals surface area (Å²) in [5, 5.41) is 0. The molecular formula is C19H31BrO. The third-order valence-electron chi connectivity index (χ3n) is 3.51. The van der Waals surface area contributed by atoms with Crippen LogP contribution in [-0.4, -0.2) is 12.7 Å². The fraction of sp³-hybridized carbons (Fsp3) is 0.684. The molecule has 120 valence electrons. The van der Waals surface area contributed by atoms with Crippen LogP contribution in [0.3, 0.4) is 0 Å². The second-order valence-corrected chi connectivity index (χ2v) is 8.09. The van der Waals surface area contributed by atoms with Crippen LogP contribution < -0.4 is 0 Å². The predicted molar refractivity (Wildman–Crippen MR) is 95.8 cm³/mol. The normalized spacial score (nSPS) is 13.4. The molecule has 0 heterocycles. The fourth-order valence-electron chi connectivity index (χ4n) is 2.29. The molecule has 0 N–H and O–H groups in total. The minimum absolute atomic E-state index is 0.237. The highest BCUT2D eigenvalue weighted by molar-refractivity contribution is 9.10. The zero-order valence-electron chi connectivity index (χ0n) is 14.1. The lowest BCUT2D eigenvalue weighted by Gasteiger charge is -2.24. The molecule has 0 amide bonds. The maximum Gasteiger partial charge on any atom is 0.0615 e. The first-order valence-corrected chi connectivity index (χ1v) is 9.06. The molecule has 0 saturated carbocycles. The van der Waals surface area contributed by atoms with Crippen molar-refractivity contribution in [1.29, 1.82) is 0 Å². The molecule has 1 aromatic rings. The zero-order valence-corrected chi connectivity index (χ0v) is 15.7. The first kappa shape index (κ1) is 18.7. The van der Waals surface area contributed by atoms with Crippen molar-refractivity contribution in [1.82, 2.24) is 0 Å². The van der Waals surface area contributed by atoms with Gasteiger partial charge in [-0.1, -0.05) is 81.4 Å². The van der Waals surface area contributed by atoms with Crippen LogP contribution in [0.15, 0.2) is 28.7 Å². The quantitative estimate of drug-likeness (QED) is 0.466. The number of rotatable bonds is 9. The largest absolute Gasteiger partial charge is 0.377 e. The van der Waals surface area contributed by atoms with E-state index in [1.54, 1.807) is 0 Å². The summed E-state index contributed by atoms with van der Waals surface area (Å²) in [6.45, 7) is 9.81. The van der Waals surface area contributed by atoms with Crippen molar-refractivity contribution in [3.05, 3.63) is 34.3 Å². The molecule has 0 bridgehead atoms. The molecule has 1 aromatic carbocycles. The lowest BCUT2D eigenvalue weighted by molar-refractivity contribution is 0.00351. The van der Waals surface area contributed by atoms with E-state index in [0.29, 0.717) is 6.10 Å². The van der Waals surface area contributed by atoms with Gasteiger partial charge in [-0.25, -0.2) is 0 Å². The summed E-state index contributed by atoms with van der Waals surface area (Å²) >= 11 is 3.50. The van der Waals surface area contributed by atoms with Crippen molar-refractivity contribution in [2.75, 3.05) is 6.61 Å². The molecule has 0 spiro atoms. The van der Waals surface area contributed by atoms with Crippen molar-refractivity contribution >= 4 is 15.9 Å². The Kier molecular flexibility index (Phi) is 8.58. The van der Waals surface area contributed by atoms with Gasteiger partial charge in [0.25, 0.3) is 0 Å². The van der Waals surface area contributed by atoms with Gasteiger partial charge in [-0.05, 0) is 36.0 Å². The maximum atomic E-state index is 6.21. The summed E-state index contributed by atoms with van der Waals surface area (Å²) < 4.78 is 7.35. The highest BCUT2D eigenvalue weighted by Gasteiger charge is 2.16. The van der Waals surface area contributed by atoms with E-state index in [4.69, 9.17) is 4.74 Å². The van der Waals surface area contributed by atoms with Crippen molar-refractivity contribution in [2.45, 2.75) is 72.3 Å². The number of benzene rings is 1. The van der Waals surface area contributed by atoms with E-state index in [-0.39, 0.29) is 5.41 Å². The Bertz CT molecular complexity index is 378. The van der Waals surface area contributed by atoms with Crippen LogP contribution in [0.5, 0.6) is 0 Å². The molecule has 0 aliphatic heterocycles. The average Bonchev–Trinajstić information content (AvgIpc) is 2.42. The van der Waals surface area contributed by atoms with Gasteiger partial charge in [0, 0.05) is 4.47 Å². The molecule has 2 heteroatoms. The van der Waals surface area contributed by atoms with Crippen LogP contribution in [-0.2, 0) is 11.2 Å². The third kappa shape index (κ3) is 9.31. The van der Waals surface area contributed by atoms with Crippen molar-refractivity contribution < 1.29 is 4.74 Å². The summed E-state index contributed by atoms with van der Waals surface area (Å²) in [7, 11) is 0. The van der Waals surface area contributed by atoms with Gasteiger partial charge in [-0.3, -0.25) is 0 Å². The summed E-state index contributed by atoms with van der Waals surface area (Å²) in [4.78, 5) is 0. The van der Waals surface area contributed by atoms with Gasteiger partial charge in [0.2, 0.25) is 0 Å². The van der Waals surface area contributed by atoms with Crippen molar-refractivity contribution in [3.63, 3.8) is 0 Å². The summed E-state index contributed by atoms with van der Waals surface area (Å²) in [5.41, 5.74) is 1.61. The molecule has 1 rings (SSSR count). The van der Waals surface area contributed by atoms with Gasteiger partial charge in [0.15, 0.2) is 0 Å². The predicted octanol–water partition coefficient (Wildman–Crippen LogP) is 6.39. The molecule has 0 saturated heterocycles. The zero-order chi connectivity index (χ0) is 15.7. The minimum Gasteiger partial charge on any atom is -0.377 e. The Morgan fingerprint density at radius 2 is 1.71 bits per heavy atom. The second-order valence-electron chi connectivity index (χ2n) is 7.17. The molecule has 1 unspecified atom stereocenters. The standard InChI is InChI=1S/C19H31BrO/c1-5-6-7-8-9-18(21-15-19(2,3)4)14-16-10-12-17(20)13-11-16/h10-13,18H,5-9,14-15H2,1-4H3. The third-order valence-corrected chi connectivity index (χ3v) is 4.04. The molecule has 21 heavy (non-hydrogen) atoms. The van der Waals surface area contributed by atoms with E-state index in [9.17, 15) is 0 Å². The van der Waals surface area contributed by atoms with Gasteiger partial charge >= 0.3 is 0 Å². The van der Waals surface area contributed by atoms with Crippen LogP contribution in [0.1, 0.15) is 65.4 Å². The van der Waals surface area contributed by atoms with Gasteiger partial charge in [-0.15, -0.1) is 0 Å². The van der Waals surface area contributed by atoms with Crippen LogP contribution in [0.4, 0.5) is 0 Å². The van der Waals surface area contributed by atoms with Gasteiger partial charge in [-0.2, -0.15) is 0 Å². The molecule has 0 aromatic heterocycles. The number of hydrogen-bond donors (Lipinski definition) is 0. The van der Waals surface area contributed by atoms with Crippen LogP contribution in [0.2, 0.25) is 0 Å². The Balaban J connectivity index is 2.51. The highest BCUT2D eigenvalue weighted by atomic mass is 79.9. The first-order valence-electron chi connectivity index (χ1n) is 8.27. The average molecular weight is 355 g/mol. The Labute approximate surface area is 139 Å². The van der Waals surface area contributed by atoms with Gasteiger partial charge in [0.1, 0.15) is 0 Å². The second kappa shape index (κ2) is 9.63. The highest BCUT2D eigenvalue weighted by Crippen LogP contribution is 2.20. The van der Waals surface area contributed by atoms with Crippen LogP contribution in [0.25, 0.3) is 0 Å². The monoisotopic (exact) mass is 354 g/mol. The molecule has 0 radical (unpaired) electrons. The lowest BCUT2D eigenvalue weighted by Crippen LogP contribution is -2.23. The van der Waals surface area contributed by atoms with Crippen molar-refractivity contribution in [3.8, 4) is 0 Å². The SMILES string of the molecule is CCCCCCC(Cc1ccc(Br)cc1)OCC(C)(C)C. The Morgan fingerprint density at radius 3 is 2.29 bits per heavy atom. The molecule has 0 fully saturated rings. The number of halogens is 1. The number of hydrogen-bond acceptors (Lipinski definition) is 1. The molecule has 0 aliphatic carbocycles. The van der Waals surface area contributed by atoms with E-state index in [2.05, 4.69) is 67.9 Å². The summed E-state index contributed by atoms with van der Waals surface area (Å²) in [6.07, 6.45) is 7.78. The van der Waals surface area contributed by atoms with Crippen LogP contribution >= 0.6 is 15.9 Å². The topological polar surface area (TPSA) is 9.23 Å². The van der Waals surface area contributed by atoms with E-state index >= 15 is 0 Å². The molecule has 0 aliphatic rings. The fourth-order valence-corrected chi connectivity index (χ4v) is 2.56. The maximum absolute atomic E-state index is 6.21.